The Morgan fingerprint density at radius 1 is 1.28 bits per heavy atom. The first-order chi connectivity index (χ1) is 8.33. The summed E-state index contributed by atoms with van der Waals surface area (Å²) in [7, 11) is 0. The van der Waals surface area contributed by atoms with Crippen LogP contribution >= 0.6 is 12.4 Å². The van der Waals surface area contributed by atoms with Crippen molar-refractivity contribution in [3.8, 4) is 5.75 Å². The van der Waals surface area contributed by atoms with Crippen molar-refractivity contribution in [3.63, 3.8) is 0 Å². The lowest BCUT2D eigenvalue weighted by molar-refractivity contribution is 0.0535. The van der Waals surface area contributed by atoms with Gasteiger partial charge in [-0.25, -0.2) is 4.79 Å². The molecule has 0 amide bonds. The first-order valence-corrected chi connectivity index (χ1v) is 6.00. The molecule has 0 saturated carbocycles. The van der Waals surface area contributed by atoms with E-state index in [2.05, 4.69) is 5.32 Å². The van der Waals surface area contributed by atoms with Gasteiger partial charge < -0.3 is 14.8 Å². The number of carbonyl (C=O) groups is 1. The Balaban J connectivity index is 0.00000120. The quantitative estimate of drug-likeness (QED) is 0.833. The summed E-state index contributed by atoms with van der Waals surface area (Å²) in [5.74, 6) is 0.613. The maximum atomic E-state index is 11.3. The zero-order chi connectivity index (χ0) is 11.7. The number of fused-ring (bicyclic) bond motifs is 1. The van der Waals surface area contributed by atoms with Crippen LogP contribution in [0.15, 0.2) is 18.2 Å². The van der Waals surface area contributed by atoms with Crippen LogP contribution in [0.2, 0.25) is 0 Å². The number of rotatable bonds is 2. The van der Waals surface area contributed by atoms with Gasteiger partial charge in [0.2, 0.25) is 0 Å². The molecular weight excluding hydrogens is 254 g/mol. The molecule has 1 aromatic carbocycles. The summed E-state index contributed by atoms with van der Waals surface area (Å²) in [6, 6.07) is 5.57. The molecule has 0 aromatic heterocycles. The number of esters is 1. The summed E-state index contributed by atoms with van der Waals surface area (Å²) < 4.78 is 10.9. The topological polar surface area (TPSA) is 47.6 Å². The molecule has 0 radical (unpaired) electrons. The molecule has 2 aliphatic heterocycles. The number of carbonyl (C=O) groups excluding carboxylic acids is 1. The van der Waals surface area contributed by atoms with E-state index in [9.17, 15) is 4.79 Å². The number of halogens is 1. The molecular formula is C13H16ClNO3. The molecule has 0 aliphatic carbocycles. The van der Waals surface area contributed by atoms with Gasteiger partial charge in [-0.3, -0.25) is 0 Å². The van der Waals surface area contributed by atoms with Gasteiger partial charge >= 0.3 is 5.97 Å². The molecule has 1 saturated heterocycles. The van der Waals surface area contributed by atoms with Crippen molar-refractivity contribution in [2.75, 3.05) is 13.1 Å². The first-order valence-electron chi connectivity index (χ1n) is 6.00. The molecule has 1 aromatic rings. The minimum atomic E-state index is -0.228. The Bertz CT molecular complexity index is 444. The molecule has 5 heteroatoms. The number of hydrogen-bond donors (Lipinski definition) is 1. The second kappa shape index (κ2) is 5.59. The van der Waals surface area contributed by atoms with Crippen LogP contribution in [0.1, 0.15) is 28.8 Å². The molecule has 0 atom stereocenters. The summed E-state index contributed by atoms with van der Waals surface area (Å²) in [6.07, 6.45) is 2.35. The monoisotopic (exact) mass is 269 g/mol. The van der Waals surface area contributed by atoms with E-state index in [-0.39, 0.29) is 24.5 Å². The van der Waals surface area contributed by atoms with E-state index in [1.165, 1.54) is 0 Å². The van der Waals surface area contributed by atoms with Crippen molar-refractivity contribution in [1.82, 2.24) is 5.32 Å². The summed E-state index contributed by atoms with van der Waals surface area (Å²) in [6.45, 7) is 2.39. The van der Waals surface area contributed by atoms with Crippen LogP contribution in [0.25, 0.3) is 0 Å². The largest absolute Gasteiger partial charge is 0.490 e. The normalized spacial score (nSPS) is 18.8. The van der Waals surface area contributed by atoms with Crippen molar-refractivity contribution < 1.29 is 14.3 Å². The maximum Gasteiger partial charge on any atom is 0.338 e. The minimum Gasteiger partial charge on any atom is -0.490 e. The molecule has 0 bridgehead atoms. The number of hydrogen-bond acceptors (Lipinski definition) is 4. The summed E-state index contributed by atoms with van der Waals surface area (Å²) in [5.41, 5.74) is 1.60. The third-order valence-electron chi connectivity index (χ3n) is 3.24. The van der Waals surface area contributed by atoms with E-state index >= 15 is 0 Å². The second-order valence-electron chi connectivity index (χ2n) is 4.46. The maximum absolute atomic E-state index is 11.3. The van der Waals surface area contributed by atoms with Crippen molar-refractivity contribution >= 4 is 18.4 Å². The lowest BCUT2D eigenvalue weighted by Crippen LogP contribution is -2.34. The van der Waals surface area contributed by atoms with Crippen LogP contribution in [0, 0.1) is 0 Å². The average Bonchev–Trinajstić information content (AvgIpc) is 2.72. The van der Waals surface area contributed by atoms with Gasteiger partial charge in [0.25, 0.3) is 0 Å². The number of benzene rings is 1. The molecule has 2 aliphatic rings. The zero-order valence-corrected chi connectivity index (χ0v) is 10.8. The number of nitrogens with one attached hydrogen (secondary N) is 1. The third-order valence-corrected chi connectivity index (χ3v) is 3.24. The Kier molecular flexibility index (Phi) is 4.09. The average molecular weight is 270 g/mol. The highest BCUT2D eigenvalue weighted by atomic mass is 35.5. The Morgan fingerprint density at radius 2 is 2.06 bits per heavy atom. The first kappa shape index (κ1) is 13.2. The van der Waals surface area contributed by atoms with Gasteiger partial charge in [0, 0.05) is 5.56 Å². The predicted molar refractivity (Wildman–Crippen MR) is 69.3 cm³/mol. The summed E-state index contributed by atoms with van der Waals surface area (Å²) >= 11 is 0. The molecule has 2 heterocycles. The molecule has 98 valence electrons. The SMILES string of the molecule is Cl.O=C1OCc2cc(OC3CCNCC3)ccc21. The van der Waals surface area contributed by atoms with Gasteiger partial charge in [-0.05, 0) is 44.1 Å². The predicted octanol–water partition coefficient (Wildman–Crippen LogP) is 1.91. The van der Waals surface area contributed by atoms with Crippen LogP contribution in [0.4, 0.5) is 0 Å². The van der Waals surface area contributed by atoms with Crippen LogP contribution < -0.4 is 10.1 Å². The Hall–Kier alpha value is -1.26. The van der Waals surface area contributed by atoms with Crippen molar-refractivity contribution in [1.29, 1.82) is 0 Å². The Morgan fingerprint density at radius 3 is 2.83 bits per heavy atom. The van der Waals surface area contributed by atoms with Gasteiger partial charge in [-0.15, -0.1) is 12.4 Å². The standard InChI is InChI=1S/C13H15NO3.ClH/c15-13-12-2-1-11(7-9(12)8-16-13)17-10-3-5-14-6-4-10;/h1-2,7,10,14H,3-6,8H2;1H. The van der Waals surface area contributed by atoms with E-state index in [0.29, 0.717) is 12.2 Å². The lowest BCUT2D eigenvalue weighted by Gasteiger charge is -2.23. The highest BCUT2D eigenvalue weighted by Crippen LogP contribution is 2.26. The molecule has 1 fully saturated rings. The van der Waals surface area contributed by atoms with Gasteiger partial charge in [-0.1, -0.05) is 0 Å². The summed E-state index contributed by atoms with van der Waals surface area (Å²) in [4.78, 5) is 11.3. The fraction of sp³-hybridized carbons (Fsp3) is 0.462. The number of piperidine rings is 1. The molecule has 1 N–H and O–H groups in total. The third kappa shape index (κ3) is 2.60. The van der Waals surface area contributed by atoms with E-state index in [1.54, 1.807) is 6.07 Å². The zero-order valence-electron chi connectivity index (χ0n) is 9.98. The van der Waals surface area contributed by atoms with Crippen molar-refractivity contribution in [2.45, 2.75) is 25.6 Å². The van der Waals surface area contributed by atoms with Crippen molar-refractivity contribution in [2.24, 2.45) is 0 Å². The molecule has 0 unspecified atom stereocenters. The fourth-order valence-electron chi connectivity index (χ4n) is 2.29. The van der Waals surface area contributed by atoms with Crippen LogP contribution in [0.5, 0.6) is 5.75 Å². The van der Waals surface area contributed by atoms with E-state index in [1.807, 2.05) is 12.1 Å². The lowest BCUT2D eigenvalue weighted by atomic mass is 10.1. The Labute approximate surface area is 112 Å². The summed E-state index contributed by atoms with van der Waals surface area (Å²) in [5, 5.41) is 3.30. The second-order valence-corrected chi connectivity index (χ2v) is 4.46. The van der Waals surface area contributed by atoms with Crippen molar-refractivity contribution in [3.05, 3.63) is 29.3 Å². The highest BCUT2D eigenvalue weighted by Gasteiger charge is 2.22. The molecule has 18 heavy (non-hydrogen) atoms. The molecule has 3 rings (SSSR count). The number of ether oxygens (including phenoxy) is 2. The van der Waals surface area contributed by atoms with Crippen LogP contribution in [0.3, 0.4) is 0 Å². The number of cyclic esters (lactones) is 1. The van der Waals surface area contributed by atoms with Crippen LogP contribution in [-0.4, -0.2) is 25.2 Å². The fourth-order valence-corrected chi connectivity index (χ4v) is 2.29. The van der Waals surface area contributed by atoms with E-state index < -0.39 is 0 Å². The van der Waals surface area contributed by atoms with Gasteiger partial charge in [0.15, 0.2) is 0 Å². The van der Waals surface area contributed by atoms with E-state index in [4.69, 9.17) is 9.47 Å². The van der Waals surface area contributed by atoms with Gasteiger partial charge in [-0.2, -0.15) is 0 Å². The smallest absolute Gasteiger partial charge is 0.338 e. The molecule has 0 spiro atoms. The van der Waals surface area contributed by atoms with E-state index in [0.717, 1.165) is 37.2 Å². The minimum absolute atomic E-state index is 0. The highest BCUT2D eigenvalue weighted by molar-refractivity contribution is 5.93. The van der Waals surface area contributed by atoms with Crippen LogP contribution in [-0.2, 0) is 11.3 Å². The van der Waals surface area contributed by atoms with Gasteiger partial charge in [0.1, 0.15) is 18.5 Å². The van der Waals surface area contributed by atoms with Gasteiger partial charge in [0.05, 0.1) is 5.56 Å². The molecule has 4 nitrogen and oxygen atoms in total.